The van der Waals surface area contributed by atoms with Gasteiger partial charge in [-0.1, -0.05) is 19.3 Å². The molecule has 3 fully saturated rings. The van der Waals surface area contributed by atoms with E-state index in [4.69, 9.17) is 4.74 Å². The average molecular weight is 374 g/mol. The van der Waals surface area contributed by atoms with E-state index in [0.717, 1.165) is 31.4 Å². The quantitative estimate of drug-likeness (QED) is 0.849. The number of carbonyl (C=O) groups excluding carboxylic acids is 2. The Kier molecular flexibility index (Phi) is 5.48. The predicted octanol–water partition coefficient (Wildman–Crippen LogP) is 2.21. The summed E-state index contributed by atoms with van der Waals surface area (Å²) in [6.07, 6.45) is 10.0. The molecule has 2 N–H and O–H groups in total. The molecular weight excluding hydrogens is 344 g/mol. The van der Waals surface area contributed by atoms with Gasteiger partial charge in [0.05, 0.1) is 36.2 Å². The second-order valence-electron chi connectivity index (χ2n) is 8.13. The van der Waals surface area contributed by atoms with Gasteiger partial charge in [0.15, 0.2) is 0 Å². The lowest BCUT2D eigenvalue weighted by Crippen LogP contribution is -2.57. The normalized spacial score (nSPS) is 29.2. The summed E-state index contributed by atoms with van der Waals surface area (Å²) in [6, 6.07) is -0.0311. The molecule has 1 aromatic rings. The summed E-state index contributed by atoms with van der Waals surface area (Å²) < 4.78 is 5.94. The number of hydrogen-bond acceptors (Lipinski definition) is 4. The summed E-state index contributed by atoms with van der Waals surface area (Å²) in [5.41, 5.74) is 1.71. The molecule has 148 valence electrons. The number of aromatic nitrogens is 2. The molecule has 1 aromatic heterocycles. The van der Waals surface area contributed by atoms with Crippen LogP contribution in [0.25, 0.3) is 0 Å². The standard InChI is InChI=1S/C20H30N4O3/c1-21-19(25)14-7-8-17-16(11-14)24(9-10-27-17)20(26)15-12-22-23-18(15)13-5-3-2-4-6-13/h12-14,16-17H,2-11H2,1H3,(H,21,25)(H,22,23)/t14-,16+,17+/m0/s1. The number of fused-ring (bicyclic) bond motifs is 1. The van der Waals surface area contributed by atoms with Crippen LogP contribution in [0.3, 0.4) is 0 Å². The summed E-state index contributed by atoms with van der Waals surface area (Å²) in [4.78, 5) is 27.5. The van der Waals surface area contributed by atoms with Gasteiger partial charge < -0.3 is 15.0 Å². The third-order valence-electron chi connectivity index (χ3n) is 6.61. The van der Waals surface area contributed by atoms with Gasteiger partial charge in [0.1, 0.15) is 0 Å². The Balaban J connectivity index is 1.54. The molecule has 2 heterocycles. The molecule has 0 bridgehead atoms. The fourth-order valence-corrected chi connectivity index (χ4v) is 5.13. The van der Waals surface area contributed by atoms with Crippen LogP contribution in [0.4, 0.5) is 0 Å². The number of hydrogen-bond donors (Lipinski definition) is 2. The van der Waals surface area contributed by atoms with Gasteiger partial charge in [-0.25, -0.2) is 0 Å². The van der Waals surface area contributed by atoms with E-state index in [1.807, 2.05) is 4.90 Å². The third-order valence-corrected chi connectivity index (χ3v) is 6.61. The molecule has 0 spiro atoms. The Bertz CT molecular complexity index is 683. The molecule has 3 aliphatic rings. The molecule has 1 saturated heterocycles. The van der Waals surface area contributed by atoms with Gasteiger partial charge in [-0.2, -0.15) is 5.10 Å². The molecule has 2 aliphatic carbocycles. The van der Waals surface area contributed by atoms with Crippen LogP contribution in [-0.2, 0) is 9.53 Å². The van der Waals surface area contributed by atoms with Crippen LogP contribution in [0.5, 0.6) is 0 Å². The van der Waals surface area contributed by atoms with Crippen molar-refractivity contribution >= 4 is 11.8 Å². The minimum Gasteiger partial charge on any atom is -0.374 e. The van der Waals surface area contributed by atoms with Crippen LogP contribution in [0.15, 0.2) is 6.20 Å². The van der Waals surface area contributed by atoms with Gasteiger partial charge in [-0.05, 0) is 32.1 Å². The molecule has 0 aromatic carbocycles. The molecular formula is C20H30N4O3. The van der Waals surface area contributed by atoms with Crippen molar-refractivity contribution in [1.29, 1.82) is 0 Å². The lowest BCUT2D eigenvalue weighted by Gasteiger charge is -2.45. The second kappa shape index (κ2) is 8.00. The van der Waals surface area contributed by atoms with Crippen LogP contribution in [0, 0.1) is 5.92 Å². The maximum atomic E-state index is 13.4. The zero-order chi connectivity index (χ0) is 18.8. The van der Waals surface area contributed by atoms with Crippen molar-refractivity contribution in [3.05, 3.63) is 17.5 Å². The van der Waals surface area contributed by atoms with Gasteiger partial charge >= 0.3 is 0 Å². The number of carbonyl (C=O) groups is 2. The maximum Gasteiger partial charge on any atom is 0.257 e. The van der Waals surface area contributed by atoms with Crippen molar-refractivity contribution in [2.24, 2.45) is 5.92 Å². The molecule has 4 rings (SSSR count). The van der Waals surface area contributed by atoms with Crippen molar-refractivity contribution in [2.75, 3.05) is 20.2 Å². The number of amides is 2. The Hall–Kier alpha value is -1.89. The second-order valence-corrected chi connectivity index (χ2v) is 8.13. The molecule has 2 saturated carbocycles. The molecule has 2 amide bonds. The lowest BCUT2D eigenvalue weighted by atomic mass is 9.81. The van der Waals surface area contributed by atoms with Crippen molar-refractivity contribution < 1.29 is 14.3 Å². The molecule has 27 heavy (non-hydrogen) atoms. The summed E-state index contributed by atoms with van der Waals surface area (Å²) in [6.45, 7) is 1.14. The minimum absolute atomic E-state index is 0.0311. The Morgan fingerprint density at radius 2 is 2.04 bits per heavy atom. The van der Waals surface area contributed by atoms with E-state index >= 15 is 0 Å². The Morgan fingerprint density at radius 3 is 2.81 bits per heavy atom. The fraction of sp³-hybridized carbons (Fsp3) is 0.750. The van der Waals surface area contributed by atoms with E-state index in [0.29, 0.717) is 31.1 Å². The third kappa shape index (κ3) is 3.61. The van der Waals surface area contributed by atoms with Crippen LogP contribution in [0.2, 0.25) is 0 Å². The van der Waals surface area contributed by atoms with Crippen LogP contribution < -0.4 is 5.32 Å². The number of nitrogens with one attached hydrogen (secondary N) is 2. The number of aromatic amines is 1. The summed E-state index contributed by atoms with van der Waals surface area (Å²) in [5.74, 6) is 0.468. The fourth-order valence-electron chi connectivity index (χ4n) is 5.13. The highest BCUT2D eigenvalue weighted by molar-refractivity contribution is 5.95. The Labute approximate surface area is 160 Å². The highest BCUT2D eigenvalue weighted by Crippen LogP contribution is 2.36. The first kappa shape index (κ1) is 18.5. The smallest absolute Gasteiger partial charge is 0.257 e. The zero-order valence-electron chi connectivity index (χ0n) is 16.1. The Morgan fingerprint density at radius 1 is 1.22 bits per heavy atom. The topological polar surface area (TPSA) is 87.3 Å². The highest BCUT2D eigenvalue weighted by atomic mass is 16.5. The number of morpholine rings is 1. The van der Waals surface area contributed by atoms with Crippen molar-refractivity contribution in [3.63, 3.8) is 0 Å². The van der Waals surface area contributed by atoms with E-state index < -0.39 is 0 Å². The monoisotopic (exact) mass is 374 g/mol. The maximum absolute atomic E-state index is 13.4. The average Bonchev–Trinajstić information content (AvgIpc) is 3.22. The van der Waals surface area contributed by atoms with Gasteiger partial charge in [0.2, 0.25) is 5.91 Å². The van der Waals surface area contributed by atoms with Crippen molar-refractivity contribution in [1.82, 2.24) is 20.4 Å². The highest BCUT2D eigenvalue weighted by Gasteiger charge is 2.42. The van der Waals surface area contributed by atoms with E-state index in [2.05, 4.69) is 15.5 Å². The largest absolute Gasteiger partial charge is 0.374 e. The minimum atomic E-state index is -0.0459. The van der Waals surface area contributed by atoms with E-state index in [9.17, 15) is 9.59 Å². The van der Waals surface area contributed by atoms with E-state index in [-0.39, 0.29) is 29.9 Å². The molecule has 7 nitrogen and oxygen atoms in total. The van der Waals surface area contributed by atoms with Gasteiger partial charge in [-0.15, -0.1) is 0 Å². The van der Waals surface area contributed by atoms with Gasteiger partial charge in [0, 0.05) is 25.4 Å². The number of nitrogens with zero attached hydrogens (tertiary/aromatic N) is 2. The summed E-state index contributed by atoms with van der Waals surface area (Å²) >= 11 is 0. The SMILES string of the molecule is CNC(=O)[C@H]1CC[C@H]2OCCN(C(=O)c3cn[nH]c3C3CCCCC3)[C@@H]2C1. The van der Waals surface area contributed by atoms with Crippen molar-refractivity contribution in [2.45, 2.75) is 69.4 Å². The van der Waals surface area contributed by atoms with Gasteiger partial charge in [0.25, 0.3) is 5.91 Å². The lowest BCUT2D eigenvalue weighted by molar-refractivity contribution is -0.131. The predicted molar refractivity (Wildman–Crippen MR) is 100 cm³/mol. The molecule has 0 unspecified atom stereocenters. The van der Waals surface area contributed by atoms with E-state index in [1.165, 1.54) is 19.3 Å². The van der Waals surface area contributed by atoms with E-state index in [1.54, 1.807) is 13.2 Å². The van der Waals surface area contributed by atoms with Gasteiger partial charge in [-0.3, -0.25) is 14.7 Å². The first-order valence-corrected chi connectivity index (χ1v) is 10.4. The molecule has 3 atom stereocenters. The molecule has 7 heteroatoms. The summed E-state index contributed by atoms with van der Waals surface area (Å²) in [5, 5.41) is 10.1. The number of rotatable bonds is 3. The zero-order valence-corrected chi connectivity index (χ0v) is 16.1. The first-order valence-electron chi connectivity index (χ1n) is 10.4. The van der Waals surface area contributed by atoms with Crippen LogP contribution in [-0.4, -0.2) is 59.3 Å². The number of ether oxygens (including phenoxy) is 1. The van der Waals surface area contributed by atoms with Crippen LogP contribution >= 0.6 is 0 Å². The summed E-state index contributed by atoms with van der Waals surface area (Å²) in [7, 11) is 1.68. The van der Waals surface area contributed by atoms with Crippen LogP contribution in [0.1, 0.15) is 73.3 Å². The molecule has 1 aliphatic heterocycles. The first-order chi connectivity index (χ1) is 13.2. The molecule has 0 radical (unpaired) electrons. The number of H-pyrrole nitrogens is 1. The van der Waals surface area contributed by atoms with Crippen molar-refractivity contribution in [3.8, 4) is 0 Å².